The summed E-state index contributed by atoms with van der Waals surface area (Å²) >= 11 is -1.07. The molecule has 1 aliphatic carbocycles. The molecule has 0 saturated heterocycles. The second-order valence-electron chi connectivity index (χ2n) is 8.87. The summed E-state index contributed by atoms with van der Waals surface area (Å²) in [5.74, 6) is 0. The third kappa shape index (κ3) is 4.13. The van der Waals surface area contributed by atoms with Gasteiger partial charge in [0.1, 0.15) is 0 Å². The van der Waals surface area contributed by atoms with Crippen molar-refractivity contribution in [3.63, 3.8) is 0 Å². The summed E-state index contributed by atoms with van der Waals surface area (Å²) in [6, 6.07) is 11.2. The van der Waals surface area contributed by atoms with Crippen LogP contribution in [0, 0.1) is 0 Å². The Morgan fingerprint density at radius 1 is 1.04 bits per heavy atom. The Bertz CT molecular complexity index is 687. The topological polar surface area (TPSA) is 12.0 Å². The molecular weight excluding hydrogens is 354 g/mol. The molecule has 1 nitrogen and oxygen atoms in total. The third-order valence-electron chi connectivity index (χ3n) is 6.36. The van der Waals surface area contributed by atoms with E-state index in [9.17, 15) is 0 Å². The molecule has 2 atom stereocenters. The SMILES string of the molecule is CC1=C(C)C(C)([SiH](C)c2ccccc2)C(CC(C)(C)[NH][Ti]([CH3])[CH3])=C1C. The zero-order chi connectivity index (χ0) is 19.0. The molecule has 2 unspecified atom stereocenters. The van der Waals surface area contributed by atoms with E-state index in [0.29, 0.717) is 0 Å². The molecule has 25 heavy (non-hydrogen) atoms. The monoisotopic (exact) mass is 390 g/mol. The molecule has 0 radical (unpaired) electrons. The van der Waals surface area contributed by atoms with Gasteiger partial charge in [-0.2, -0.15) is 0 Å². The first-order valence-electron chi connectivity index (χ1n) is 9.52. The summed E-state index contributed by atoms with van der Waals surface area (Å²) < 4.78 is 3.94. The molecule has 1 aromatic rings. The summed E-state index contributed by atoms with van der Waals surface area (Å²) in [5, 5.41) is 6.64. The zero-order valence-electron chi connectivity index (χ0n) is 17.7. The summed E-state index contributed by atoms with van der Waals surface area (Å²) in [6.07, 6.45) is 1.16. The minimum absolute atomic E-state index is 0.187. The van der Waals surface area contributed by atoms with Gasteiger partial charge in [-0.05, 0) is 0 Å². The predicted octanol–water partition coefficient (Wildman–Crippen LogP) is 5.57. The first-order valence-corrected chi connectivity index (χ1v) is 15.7. The van der Waals surface area contributed by atoms with Gasteiger partial charge in [0.15, 0.2) is 0 Å². The van der Waals surface area contributed by atoms with Crippen LogP contribution in [0.3, 0.4) is 0 Å². The van der Waals surface area contributed by atoms with Gasteiger partial charge < -0.3 is 0 Å². The molecule has 0 spiro atoms. The second-order valence-corrected chi connectivity index (χ2v) is 15.7. The Hall–Kier alpha value is -0.409. The van der Waals surface area contributed by atoms with Crippen LogP contribution in [0.5, 0.6) is 0 Å². The molecule has 0 bridgehead atoms. The number of rotatable bonds is 6. The fraction of sp³-hybridized carbons (Fsp3) is 0.545. The van der Waals surface area contributed by atoms with Crippen molar-refractivity contribution in [3.05, 3.63) is 52.6 Å². The van der Waals surface area contributed by atoms with E-state index in [4.69, 9.17) is 0 Å². The molecule has 0 fully saturated rings. The molecule has 0 aliphatic heterocycles. The first-order chi connectivity index (χ1) is 11.5. The summed E-state index contributed by atoms with van der Waals surface area (Å²) in [5.41, 5.74) is 6.59. The van der Waals surface area contributed by atoms with Gasteiger partial charge in [0.05, 0.1) is 0 Å². The second kappa shape index (κ2) is 7.68. The van der Waals surface area contributed by atoms with Crippen LogP contribution in [0.1, 0.15) is 48.0 Å². The van der Waals surface area contributed by atoms with E-state index in [0.717, 1.165) is 6.42 Å². The van der Waals surface area contributed by atoms with Crippen LogP contribution in [-0.4, -0.2) is 14.3 Å². The van der Waals surface area contributed by atoms with E-state index in [2.05, 4.69) is 92.7 Å². The van der Waals surface area contributed by atoms with Crippen molar-refractivity contribution in [1.82, 2.24) is 3.80 Å². The fourth-order valence-electron chi connectivity index (χ4n) is 4.65. The van der Waals surface area contributed by atoms with Crippen LogP contribution in [0.15, 0.2) is 52.6 Å². The van der Waals surface area contributed by atoms with E-state index in [1.165, 1.54) is 5.57 Å². The van der Waals surface area contributed by atoms with Crippen molar-refractivity contribution in [2.75, 3.05) is 0 Å². The minimum atomic E-state index is -1.18. The zero-order valence-corrected chi connectivity index (χ0v) is 20.4. The Balaban J connectivity index is 2.47. The summed E-state index contributed by atoms with van der Waals surface area (Å²) in [7, 11) is -1.18. The van der Waals surface area contributed by atoms with Crippen LogP contribution in [0.25, 0.3) is 0 Å². The third-order valence-corrected chi connectivity index (χ3v) is 12.1. The Morgan fingerprint density at radius 2 is 1.60 bits per heavy atom. The van der Waals surface area contributed by atoms with E-state index in [1.54, 1.807) is 21.9 Å². The fourth-order valence-corrected chi connectivity index (χ4v) is 10.1. The van der Waals surface area contributed by atoms with Crippen LogP contribution in [0.4, 0.5) is 0 Å². The first kappa shape index (κ1) is 20.9. The van der Waals surface area contributed by atoms with Crippen LogP contribution in [0.2, 0.25) is 22.0 Å². The molecule has 1 aliphatic rings. The Morgan fingerprint density at radius 3 is 2.12 bits per heavy atom. The molecule has 0 saturated carbocycles. The normalized spacial score (nSPS) is 22.6. The average Bonchev–Trinajstić information content (AvgIpc) is 2.70. The number of hydrogen-bond acceptors (Lipinski definition) is 1. The summed E-state index contributed by atoms with van der Waals surface area (Å²) in [4.78, 5) is 0. The van der Waals surface area contributed by atoms with Crippen molar-refractivity contribution in [3.8, 4) is 0 Å². The number of hydrogen-bond donors (Lipinski definition) is 1. The van der Waals surface area contributed by atoms with Gasteiger partial charge >= 0.3 is 164 Å². The van der Waals surface area contributed by atoms with Crippen molar-refractivity contribution < 1.29 is 18.1 Å². The van der Waals surface area contributed by atoms with Crippen LogP contribution in [-0.2, 0) is 18.1 Å². The van der Waals surface area contributed by atoms with Gasteiger partial charge in [-0.1, -0.05) is 0 Å². The van der Waals surface area contributed by atoms with E-state index < -0.39 is 26.9 Å². The molecule has 0 heterocycles. The number of allylic oxidation sites excluding steroid dienone is 3. The molecule has 1 aromatic carbocycles. The summed E-state index contributed by atoms with van der Waals surface area (Å²) in [6.45, 7) is 16.9. The molecule has 0 aromatic heterocycles. The predicted molar refractivity (Wildman–Crippen MR) is 112 cm³/mol. The quantitative estimate of drug-likeness (QED) is 0.627. The average molecular weight is 390 g/mol. The van der Waals surface area contributed by atoms with Crippen molar-refractivity contribution in [2.45, 2.75) is 75.5 Å². The molecular formula is C22H36NSiTi. The van der Waals surface area contributed by atoms with Gasteiger partial charge in [0, 0.05) is 0 Å². The van der Waals surface area contributed by atoms with Gasteiger partial charge in [-0.25, -0.2) is 0 Å². The van der Waals surface area contributed by atoms with Crippen molar-refractivity contribution >= 4 is 14.0 Å². The maximum atomic E-state index is 3.94. The van der Waals surface area contributed by atoms with Gasteiger partial charge in [-0.15, -0.1) is 0 Å². The van der Waals surface area contributed by atoms with Crippen molar-refractivity contribution in [1.29, 1.82) is 0 Å². The van der Waals surface area contributed by atoms with Crippen molar-refractivity contribution in [2.24, 2.45) is 0 Å². The van der Waals surface area contributed by atoms with Crippen LogP contribution >= 0.6 is 0 Å². The molecule has 2 rings (SSSR count). The molecule has 3 heteroatoms. The molecule has 137 valence electrons. The van der Waals surface area contributed by atoms with Gasteiger partial charge in [0.2, 0.25) is 0 Å². The van der Waals surface area contributed by atoms with E-state index >= 15 is 0 Å². The van der Waals surface area contributed by atoms with Gasteiger partial charge in [-0.3, -0.25) is 0 Å². The number of benzene rings is 1. The number of nitrogens with one attached hydrogen (secondary N) is 1. The molecule has 1 N–H and O–H groups in total. The maximum absolute atomic E-state index is 3.94. The Labute approximate surface area is 163 Å². The Kier molecular flexibility index (Phi) is 6.42. The molecule has 0 amide bonds. The van der Waals surface area contributed by atoms with Crippen LogP contribution < -0.4 is 8.99 Å². The van der Waals surface area contributed by atoms with E-state index in [-0.39, 0.29) is 10.6 Å². The standard InChI is InChI=1S/C20H30NSi.2CH3.Ti/c1-14-15(2)18(13-19(4,5)21)20(6,16(14)3)22(7)17-11-9-8-10-12-17;;;/h8-12,21-22H,13H2,1-7H3;2*1H3;/q-1;;;+1. The van der Waals surface area contributed by atoms with E-state index in [1.807, 2.05) is 0 Å². The van der Waals surface area contributed by atoms with Gasteiger partial charge in [0.25, 0.3) is 0 Å².